The summed E-state index contributed by atoms with van der Waals surface area (Å²) in [5.41, 5.74) is 9.53. The van der Waals surface area contributed by atoms with Gasteiger partial charge in [-0.1, -0.05) is 18.6 Å². The van der Waals surface area contributed by atoms with Crippen molar-refractivity contribution < 1.29 is 9.53 Å². The summed E-state index contributed by atoms with van der Waals surface area (Å²) in [4.78, 5) is 27.2. The maximum absolute atomic E-state index is 13.7. The smallest absolute Gasteiger partial charge is 0.241 e. The monoisotopic (exact) mass is 436 g/mol. The number of ether oxygens (including phenoxy) is 1. The van der Waals surface area contributed by atoms with Gasteiger partial charge in [-0.3, -0.25) is 10.2 Å². The van der Waals surface area contributed by atoms with Crippen LogP contribution in [0.25, 0.3) is 11.1 Å². The minimum absolute atomic E-state index is 0.0624. The summed E-state index contributed by atoms with van der Waals surface area (Å²) in [6.07, 6.45) is 7.20. The lowest BCUT2D eigenvalue weighted by molar-refractivity contribution is -0.135. The van der Waals surface area contributed by atoms with E-state index < -0.39 is 0 Å². The number of aromatic nitrogens is 2. The fourth-order valence-corrected chi connectivity index (χ4v) is 5.48. The zero-order valence-electron chi connectivity index (χ0n) is 19.0. The lowest BCUT2D eigenvalue weighted by atomic mass is 9.95. The molecule has 8 nitrogen and oxygen atoms in total. The van der Waals surface area contributed by atoms with Crippen molar-refractivity contribution in [1.29, 1.82) is 0 Å². The summed E-state index contributed by atoms with van der Waals surface area (Å²) in [7, 11) is 5.55. The highest BCUT2D eigenvalue weighted by molar-refractivity contribution is 5.84. The van der Waals surface area contributed by atoms with Gasteiger partial charge in [0.2, 0.25) is 11.9 Å². The predicted molar refractivity (Wildman–Crippen MR) is 123 cm³/mol. The van der Waals surface area contributed by atoms with Gasteiger partial charge in [0.05, 0.1) is 18.8 Å². The second-order valence-electron chi connectivity index (χ2n) is 9.25. The van der Waals surface area contributed by atoms with E-state index in [0.717, 1.165) is 54.8 Å². The van der Waals surface area contributed by atoms with E-state index in [1.54, 1.807) is 7.11 Å². The molecular formula is C24H32N6O2. The van der Waals surface area contributed by atoms with E-state index in [1.165, 1.54) is 6.42 Å². The van der Waals surface area contributed by atoms with Crippen LogP contribution in [0.3, 0.4) is 0 Å². The Labute approximate surface area is 189 Å². The number of nitrogens with zero attached hydrogens (tertiary/aromatic N) is 4. The van der Waals surface area contributed by atoms with Crippen molar-refractivity contribution in [3.8, 4) is 16.9 Å². The van der Waals surface area contributed by atoms with Gasteiger partial charge < -0.3 is 14.5 Å². The van der Waals surface area contributed by atoms with Crippen LogP contribution in [0.2, 0.25) is 0 Å². The number of likely N-dealkylation sites (tertiary alicyclic amines) is 1. The third kappa shape index (κ3) is 3.71. The first-order valence-electron chi connectivity index (χ1n) is 11.6. The molecule has 2 saturated heterocycles. The van der Waals surface area contributed by atoms with Gasteiger partial charge in [0, 0.05) is 44.4 Å². The fourth-order valence-electron chi connectivity index (χ4n) is 5.48. The summed E-state index contributed by atoms with van der Waals surface area (Å²) in [6.45, 7) is 0.762. The van der Waals surface area contributed by atoms with Crippen molar-refractivity contribution in [2.75, 3.05) is 32.6 Å². The molecule has 4 atom stereocenters. The maximum atomic E-state index is 13.7. The molecule has 5 rings (SSSR count). The molecule has 0 spiro atoms. The van der Waals surface area contributed by atoms with Gasteiger partial charge in [-0.2, -0.15) is 0 Å². The second kappa shape index (κ2) is 8.67. The molecule has 2 aliphatic heterocycles. The van der Waals surface area contributed by atoms with Crippen LogP contribution in [0, 0.1) is 5.92 Å². The van der Waals surface area contributed by atoms with Crippen molar-refractivity contribution >= 4 is 11.9 Å². The van der Waals surface area contributed by atoms with Gasteiger partial charge in [0.25, 0.3) is 0 Å². The topological polar surface area (TPSA) is 82.6 Å². The summed E-state index contributed by atoms with van der Waals surface area (Å²) in [6, 6.07) is 8.16. The number of carbonyl (C=O) groups excluding carboxylic acids is 1. The molecule has 2 N–H and O–H groups in total. The minimum atomic E-state index is -0.154. The minimum Gasteiger partial charge on any atom is -0.497 e. The predicted octanol–water partition coefficient (Wildman–Crippen LogP) is 2.53. The number of fused-ring (bicyclic) bond motifs is 1. The highest BCUT2D eigenvalue weighted by Crippen LogP contribution is 2.40. The molecular weight excluding hydrogens is 404 g/mol. The van der Waals surface area contributed by atoms with Crippen LogP contribution in [0.15, 0.2) is 30.5 Å². The van der Waals surface area contributed by atoms with Crippen molar-refractivity contribution in [1.82, 2.24) is 25.7 Å². The molecule has 3 aliphatic rings. The number of rotatable bonds is 5. The first kappa shape index (κ1) is 21.2. The quantitative estimate of drug-likeness (QED) is 0.745. The van der Waals surface area contributed by atoms with Gasteiger partial charge in [-0.05, 0) is 43.4 Å². The average molecular weight is 437 g/mol. The molecule has 0 radical (unpaired) electrons. The Balaban J connectivity index is 1.51. The highest BCUT2D eigenvalue weighted by Gasteiger charge is 2.46. The summed E-state index contributed by atoms with van der Waals surface area (Å²) >= 11 is 0. The number of methoxy groups -OCH3 is 1. The third-order valence-corrected chi connectivity index (χ3v) is 7.13. The van der Waals surface area contributed by atoms with E-state index in [0.29, 0.717) is 17.9 Å². The number of hydrogen-bond donors (Lipinski definition) is 2. The third-order valence-electron chi connectivity index (χ3n) is 7.13. The van der Waals surface area contributed by atoms with Crippen LogP contribution in [-0.4, -0.2) is 60.6 Å². The molecule has 3 fully saturated rings. The number of hydrazine groups is 1. The molecule has 1 saturated carbocycles. The largest absolute Gasteiger partial charge is 0.497 e. The number of hydrogen-bond acceptors (Lipinski definition) is 7. The van der Waals surface area contributed by atoms with Crippen molar-refractivity contribution in [2.24, 2.45) is 5.92 Å². The molecule has 32 heavy (non-hydrogen) atoms. The van der Waals surface area contributed by atoms with Gasteiger partial charge in [0.1, 0.15) is 11.8 Å². The van der Waals surface area contributed by atoms with Crippen LogP contribution >= 0.6 is 0 Å². The van der Waals surface area contributed by atoms with Crippen LogP contribution in [-0.2, 0) is 4.79 Å². The lowest BCUT2D eigenvalue weighted by Crippen LogP contribution is -2.47. The second-order valence-corrected chi connectivity index (χ2v) is 9.25. The van der Waals surface area contributed by atoms with E-state index in [4.69, 9.17) is 9.72 Å². The molecule has 4 unspecified atom stereocenters. The first-order valence-corrected chi connectivity index (χ1v) is 11.6. The molecule has 170 valence electrons. The van der Waals surface area contributed by atoms with E-state index in [1.807, 2.05) is 54.4 Å². The van der Waals surface area contributed by atoms with Gasteiger partial charge in [0.15, 0.2) is 0 Å². The van der Waals surface area contributed by atoms with Gasteiger partial charge >= 0.3 is 0 Å². The molecule has 0 bridgehead atoms. The normalized spacial score (nSPS) is 26.9. The van der Waals surface area contributed by atoms with Gasteiger partial charge in [-0.15, -0.1) is 0 Å². The SMILES string of the molecule is COc1cccc(-c2cnc(N(C)C)nc2C2CCCN2C(=O)C2NNC3CCCC32)c1. The fraction of sp³-hybridized carbons (Fsp3) is 0.542. The maximum Gasteiger partial charge on any atom is 0.241 e. The number of nitrogens with one attached hydrogen (secondary N) is 2. The Bertz CT molecular complexity index is 996. The van der Waals surface area contributed by atoms with Crippen LogP contribution < -0.4 is 20.5 Å². The Kier molecular flexibility index (Phi) is 5.73. The zero-order valence-corrected chi connectivity index (χ0v) is 19.0. The van der Waals surface area contributed by atoms with E-state index in [2.05, 4.69) is 15.8 Å². The van der Waals surface area contributed by atoms with Crippen LogP contribution in [0.1, 0.15) is 43.8 Å². The molecule has 2 aromatic rings. The zero-order chi connectivity index (χ0) is 22.2. The molecule has 1 amide bonds. The number of benzene rings is 1. The lowest BCUT2D eigenvalue weighted by Gasteiger charge is -2.30. The molecule has 3 heterocycles. The van der Waals surface area contributed by atoms with E-state index >= 15 is 0 Å². The summed E-state index contributed by atoms with van der Waals surface area (Å²) in [5, 5.41) is 0. The Morgan fingerprint density at radius 2 is 2.06 bits per heavy atom. The summed E-state index contributed by atoms with van der Waals surface area (Å²) < 4.78 is 5.44. The van der Waals surface area contributed by atoms with E-state index in [9.17, 15) is 4.79 Å². The molecule has 1 aromatic heterocycles. The Hall–Kier alpha value is -2.71. The van der Waals surface area contributed by atoms with Crippen molar-refractivity contribution in [3.63, 3.8) is 0 Å². The van der Waals surface area contributed by atoms with Gasteiger partial charge in [-0.25, -0.2) is 15.4 Å². The molecule has 8 heteroatoms. The Morgan fingerprint density at radius 3 is 2.88 bits per heavy atom. The molecule has 1 aliphatic carbocycles. The average Bonchev–Trinajstić information content (AvgIpc) is 3.55. The Morgan fingerprint density at radius 1 is 1.19 bits per heavy atom. The molecule has 1 aromatic carbocycles. The standard InChI is InChI=1S/C24H32N6O2/c1-29(2)24-25-14-18(15-7-4-8-16(13-15)32-3)21(26-24)20-11-6-12-30(20)23(31)22-17-9-5-10-19(17)27-28-22/h4,7-8,13-14,17,19-20,22,27-28H,5-6,9-12H2,1-3H3. The van der Waals surface area contributed by atoms with Crippen LogP contribution in [0.5, 0.6) is 5.75 Å². The first-order chi connectivity index (χ1) is 15.6. The summed E-state index contributed by atoms with van der Waals surface area (Å²) in [5.74, 6) is 2.01. The van der Waals surface area contributed by atoms with Crippen LogP contribution in [0.4, 0.5) is 5.95 Å². The van der Waals surface area contributed by atoms with Crippen molar-refractivity contribution in [2.45, 2.75) is 50.2 Å². The number of anilines is 1. The highest BCUT2D eigenvalue weighted by atomic mass is 16.5. The van der Waals surface area contributed by atoms with E-state index in [-0.39, 0.29) is 18.0 Å². The van der Waals surface area contributed by atoms with Crippen molar-refractivity contribution in [3.05, 3.63) is 36.2 Å². The number of amides is 1. The number of carbonyl (C=O) groups is 1.